The molecule has 6 rings (SSSR count). The van der Waals surface area contributed by atoms with Gasteiger partial charge in [0, 0.05) is 43.6 Å². The SMILES string of the molecule is CCN1C(=O)COc2ccc(-c3nc4ccc(N)cn4c3CN3CCc4ccccc4C3)cc21. The summed E-state index contributed by atoms with van der Waals surface area (Å²) in [5.74, 6) is 0.703. The van der Waals surface area contributed by atoms with Crippen molar-refractivity contribution >= 4 is 22.9 Å². The van der Waals surface area contributed by atoms with Crippen LogP contribution in [0.5, 0.6) is 5.75 Å². The van der Waals surface area contributed by atoms with E-state index in [9.17, 15) is 4.79 Å². The summed E-state index contributed by atoms with van der Waals surface area (Å²) in [5.41, 5.74) is 14.3. The van der Waals surface area contributed by atoms with Crippen LogP contribution in [0.15, 0.2) is 60.8 Å². The van der Waals surface area contributed by atoms with E-state index in [0.717, 1.165) is 60.1 Å². The molecule has 0 radical (unpaired) electrons. The van der Waals surface area contributed by atoms with Gasteiger partial charge in [-0.25, -0.2) is 4.98 Å². The molecule has 172 valence electrons. The Kier molecular flexibility index (Phi) is 4.99. The van der Waals surface area contributed by atoms with Gasteiger partial charge in [0.05, 0.1) is 17.1 Å². The van der Waals surface area contributed by atoms with E-state index in [1.54, 1.807) is 4.90 Å². The predicted molar refractivity (Wildman–Crippen MR) is 133 cm³/mol. The van der Waals surface area contributed by atoms with E-state index in [0.29, 0.717) is 12.2 Å². The molecule has 0 unspecified atom stereocenters. The number of ether oxygens (including phenoxy) is 1. The first-order valence-electron chi connectivity index (χ1n) is 11.7. The number of anilines is 2. The molecule has 7 heteroatoms. The summed E-state index contributed by atoms with van der Waals surface area (Å²) in [7, 11) is 0. The van der Waals surface area contributed by atoms with E-state index in [-0.39, 0.29) is 12.5 Å². The Balaban J connectivity index is 1.43. The fourth-order valence-corrected chi connectivity index (χ4v) is 5.09. The highest BCUT2D eigenvalue weighted by atomic mass is 16.5. The summed E-state index contributed by atoms with van der Waals surface area (Å²) < 4.78 is 7.78. The zero-order valence-corrected chi connectivity index (χ0v) is 19.2. The number of aromatic nitrogens is 2. The Hall–Kier alpha value is -3.84. The van der Waals surface area contributed by atoms with E-state index < -0.39 is 0 Å². The zero-order chi connectivity index (χ0) is 23.2. The van der Waals surface area contributed by atoms with Crippen molar-refractivity contribution in [3.8, 4) is 17.0 Å². The maximum Gasteiger partial charge on any atom is 0.265 e. The molecule has 0 fully saturated rings. The van der Waals surface area contributed by atoms with Gasteiger partial charge in [0.15, 0.2) is 6.61 Å². The Labute approximate surface area is 198 Å². The number of carbonyl (C=O) groups is 1. The van der Waals surface area contributed by atoms with Crippen molar-refractivity contribution in [3.05, 3.63) is 77.6 Å². The van der Waals surface area contributed by atoms with Gasteiger partial charge in [0.1, 0.15) is 11.4 Å². The van der Waals surface area contributed by atoms with Gasteiger partial charge < -0.3 is 19.8 Å². The summed E-state index contributed by atoms with van der Waals surface area (Å²) in [4.78, 5) is 21.6. The fraction of sp³-hybridized carbons (Fsp3) is 0.259. The monoisotopic (exact) mass is 453 g/mol. The average Bonchev–Trinajstić information content (AvgIpc) is 3.21. The van der Waals surface area contributed by atoms with Crippen molar-refractivity contribution in [2.24, 2.45) is 0 Å². The summed E-state index contributed by atoms with van der Waals surface area (Å²) in [5, 5.41) is 0. The normalized spacial score (nSPS) is 15.8. The van der Waals surface area contributed by atoms with Crippen LogP contribution in [0, 0.1) is 0 Å². The fourth-order valence-electron chi connectivity index (χ4n) is 5.09. The Morgan fingerprint density at radius 1 is 1.09 bits per heavy atom. The van der Waals surface area contributed by atoms with Gasteiger partial charge in [0.25, 0.3) is 5.91 Å². The molecule has 0 atom stereocenters. The quantitative estimate of drug-likeness (QED) is 0.507. The van der Waals surface area contributed by atoms with Gasteiger partial charge in [-0.2, -0.15) is 0 Å². The van der Waals surface area contributed by atoms with E-state index >= 15 is 0 Å². The number of hydrogen-bond donors (Lipinski definition) is 1. The number of carbonyl (C=O) groups excluding carboxylic acids is 1. The molecule has 2 aliphatic rings. The van der Waals surface area contributed by atoms with Crippen molar-refractivity contribution in [1.29, 1.82) is 0 Å². The number of pyridine rings is 1. The van der Waals surface area contributed by atoms with Crippen LogP contribution in [0.2, 0.25) is 0 Å². The van der Waals surface area contributed by atoms with Gasteiger partial charge in [-0.3, -0.25) is 9.69 Å². The van der Waals surface area contributed by atoms with Crippen LogP contribution in [0.1, 0.15) is 23.7 Å². The van der Waals surface area contributed by atoms with Crippen molar-refractivity contribution in [3.63, 3.8) is 0 Å². The highest BCUT2D eigenvalue weighted by Crippen LogP contribution is 2.37. The van der Waals surface area contributed by atoms with Gasteiger partial charge in [-0.1, -0.05) is 24.3 Å². The molecule has 34 heavy (non-hydrogen) atoms. The minimum Gasteiger partial charge on any atom is -0.482 e. The van der Waals surface area contributed by atoms with E-state index in [1.807, 2.05) is 43.5 Å². The third kappa shape index (κ3) is 3.49. The van der Waals surface area contributed by atoms with Gasteiger partial charge in [-0.05, 0) is 54.8 Å². The number of benzene rings is 2. The number of amides is 1. The minimum absolute atomic E-state index is 0.0258. The number of likely N-dealkylation sites (N-methyl/N-ethyl adjacent to an activating group) is 1. The number of fused-ring (bicyclic) bond motifs is 3. The molecule has 4 heterocycles. The number of nitrogens with zero attached hydrogens (tertiary/aromatic N) is 4. The molecule has 0 bridgehead atoms. The molecular weight excluding hydrogens is 426 g/mol. The lowest BCUT2D eigenvalue weighted by atomic mass is 9.99. The van der Waals surface area contributed by atoms with Crippen molar-refractivity contribution in [2.75, 3.05) is 30.3 Å². The third-order valence-electron chi connectivity index (χ3n) is 6.82. The maximum absolute atomic E-state index is 12.4. The number of nitrogen functional groups attached to an aromatic ring is 1. The lowest BCUT2D eigenvalue weighted by Gasteiger charge is -2.29. The smallest absolute Gasteiger partial charge is 0.265 e. The molecule has 0 saturated heterocycles. The molecule has 0 aliphatic carbocycles. The Bertz CT molecular complexity index is 1410. The van der Waals surface area contributed by atoms with Crippen LogP contribution < -0.4 is 15.4 Å². The van der Waals surface area contributed by atoms with E-state index in [4.69, 9.17) is 15.5 Å². The molecule has 0 saturated carbocycles. The molecular formula is C27H27N5O2. The topological polar surface area (TPSA) is 76.1 Å². The summed E-state index contributed by atoms with van der Waals surface area (Å²) in [6, 6.07) is 18.5. The highest BCUT2D eigenvalue weighted by Gasteiger charge is 2.26. The molecule has 0 spiro atoms. The standard InChI is InChI=1S/C27H27N5O2/c1-2-31-22-13-19(7-9-24(22)34-17-26(31)33)27-23(32-15-21(28)8-10-25(32)29-27)16-30-12-11-18-5-3-4-6-20(18)14-30/h3-10,13,15H,2,11-12,14,16-17,28H2,1H3. The Morgan fingerprint density at radius 3 is 2.79 bits per heavy atom. The lowest BCUT2D eigenvalue weighted by molar-refractivity contribution is -0.121. The van der Waals surface area contributed by atoms with Crippen LogP contribution in [0.4, 0.5) is 11.4 Å². The van der Waals surface area contributed by atoms with Crippen LogP contribution >= 0.6 is 0 Å². The predicted octanol–water partition coefficient (Wildman–Crippen LogP) is 3.89. The summed E-state index contributed by atoms with van der Waals surface area (Å²) >= 11 is 0. The van der Waals surface area contributed by atoms with E-state index in [1.165, 1.54) is 11.1 Å². The summed E-state index contributed by atoms with van der Waals surface area (Å²) in [6.45, 7) is 5.30. The van der Waals surface area contributed by atoms with E-state index in [2.05, 4.69) is 33.6 Å². The molecule has 7 nitrogen and oxygen atoms in total. The molecule has 2 aromatic carbocycles. The number of hydrogen-bond acceptors (Lipinski definition) is 5. The highest BCUT2D eigenvalue weighted by molar-refractivity contribution is 5.98. The molecule has 2 aliphatic heterocycles. The zero-order valence-electron chi connectivity index (χ0n) is 19.2. The second-order valence-corrected chi connectivity index (χ2v) is 8.94. The van der Waals surface area contributed by atoms with Crippen LogP contribution in [-0.4, -0.2) is 39.9 Å². The third-order valence-corrected chi connectivity index (χ3v) is 6.82. The first-order chi connectivity index (χ1) is 16.6. The van der Waals surface area contributed by atoms with Crippen LogP contribution in [0.25, 0.3) is 16.9 Å². The maximum atomic E-state index is 12.4. The van der Waals surface area contributed by atoms with Crippen LogP contribution in [0.3, 0.4) is 0 Å². The van der Waals surface area contributed by atoms with Crippen LogP contribution in [-0.2, 0) is 24.3 Å². The largest absolute Gasteiger partial charge is 0.482 e. The molecule has 1 amide bonds. The average molecular weight is 454 g/mol. The molecule has 2 aromatic heterocycles. The van der Waals surface area contributed by atoms with Gasteiger partial charge in [-0.15, -0.1) is 0 Å². The van der Waals surface area contributed by atoms with Crippen molar-refractivity contribution in [2.45, 2.75) is 26.4 Å². The number of nitrogens with two attached hydrogens (primary N) is 1. The second-order valence-electron chi connectivity index (χ2n) is 8.94. The first-order valence-corrected chi connectivity index (χ1v) is 11.7. The second kappa shape index (κ2) is 8.18. The lowest BCUT2D eigenvalue weighted by Crippen LogP contribution is -2.38. The molecule has 2 N–H and O–H groups in total. The number of imidazole rings is 1. The first kappa shape index (κ1) is 20.7. The van der Waals surface area contributed by atoms with Crippen molar-refractivity contribution < 1.29 is 9.53 Å². The van der Waals surface area contributed by atoms with Gasteiger partial charge in [0.2, 0.25) is 0 Å². The summed E-state index contributed by atoms with van der Waals surface area (Å²) in [6.07, 6.45) is 2.98. The van der Waals surface area contributed by atoms with Gasteiger partial charge >= 0.3 is 0 Å². The number of rotatable bonds is 4. The molecule has 4 aromatic rings. The van der Waals surface area contributed by atoms with Crippen molar-refractivity contribution in [1.82, 2.24) is 14.3 Å². The minimum atomic E-state index is -0.0258. The Morgan fingerprint density at radius 2 is 1.94 bits per heavy atom.